The first-order chi connectivity index (χ1) is 7.84. The fraction of sp³-hybridized carbons (Fsp3) is 0.714. The summed E-state index contributed by atoms with van der Waals surface area (Å²) in [5.74, 6) is 0. The van der Waals surface area contributed by atoms with Gasteiger partial charge >= 0.3 is 0 Å². The maximum Gasteiger partial charge on any atom is 0.0231 e. The molecule has 1 aliphatic heterocycles. The molecule has 0 bridgehead atoms. The molecular weight excluding hydrogens is 196 g/mol. The van der Waals surface area contributed by atoms with Gasteiger partial charge < -0.3 is 4.90 Å². The Morgan fingerprint density at radius 1 is 1.06 bits per heavy atom. The second-order valence-electron chi connectivity index (χ2n) is 4.34. The van der Waals surface area contributed by atoms with Crippen molar-refractivity contribution < 1.29 is 0 Å². The van der Waals surface area contributed by atoms with E-state index in [1.807, 2.05) is 13.8 Å². The molecule has 1 heterocycles. The lowest BCUT2D eigenvalue weighted by Crippen LogP contribution is -2.44. The van der Waals surface area contributed by atoms with Crippen molar-refractivity contribution in [3.8, 4) is 0 Å². The molecule has 0 atom stereocenters. The van der Waals surface area contributed by atoms with Crippen LogP contribution in [0, 0.1) is 0 Å². The van der Waals surface area contributed by atoms with E-state index in [1.54, 1.807) is 0 Å². The summed E-state index contributed by atoms with van der Waals surface area (Å²) in [5, 5.41) is 0. The number of likely N-dealkylation sites (N-methyl/N-ethyl adjacent to an activating group) is 1. The lowest BCUT2D eigenvalue weighted by Gasteiger charge is -2.32. The number of hydrogen-bond donors (Lipinski definition) is 0. The predicted octanol–water partition coefficient (Wildman–Crippen LogP) is 2.54. The van der Waals surface area contributed by atoms with Gasteiger partial charge in [0.25, 0.3) is 0 Å². The van der Waals surface area contributed by atoms with E-state index in [1.165, 1.54) is 44.6 Å². The van der Waals surface area contributed by atoms with Crippen LogP contribution in [0.2, 0.25) is 0 Å². The molecular formula is C14H26N2. The van der Waals surface area contributed by atoms with Crippen LogP contribution < -0.4 is 0 Å². The maximum absolute atomic E-state index is 2.56. The molecule has 2 heteroatoms. The first kappa shape index (κ1) is 13.5. The minimum atomic E-state index is 1.16. The topological polar surface area (TPSA) is 6.48 Å². The summed E-state index contributed by atoms with van der Waals surface area (Å²) >= 11 is 0. The molecule has 0 radical (unpaired) electrons. The third-order valence-electron chi connectivity index (χ3n) is 3.07. The molecule has 1 aliphatic carbocycles. The predicted molar refractivity (Wildman–Crippen MR) is 71.7 cm³/mol. The van der Waals surface area contributed by atoms with Crippen LogP contribution in [-0.2, 0) is 0 Å². The summed E-state index contributed by atoms with van der Waals surface area (Å²) in [4.78, 5) is 4.96. The standard InChI is InChI=1S/C12H20N2.C2H6/c1-13-7-9-14(10-8-13)11-12-5-3-2-4-6-12;1-2/h3,5-6H,2,4,7-11H2,1H3;1-2H3. The van der Waals surface area contributed by atoms with Crippen LogP contribution in [0.5, 0.6) is 0 Å². The molecule has 0 unspecified atom stereocenters. The quantitative estimate of drug-likeness (QED) is 0.708. The van der Waals surface area contributed by atoms with Crippen molar-refractivity contribution >= 4 is 0 Å². The highest BCUT2D eigenvalue weighted by molar-refractivity contribution is 5.23. The van der Waals surface area contributed by atoms with E-state index in [2.05, 4.69) is 35.1 Å². The minimum Gasteiger partial charge on any atom is -0.304 e. The highest BCUT2D eigenvalue weighted by Gasteiger charge is 2.14. The Kier molecular flexibility index (Phi) is 6.43. The molecule has 0 saturated carbocycles. The molecule has 1 saturated heterocycles. The lowest BCUT2D eigenvalue weighted by molar-refractivity contribution is 0.164. The summed E-state index contributed by atoms with van der Waals surface area (Å²) in [6.07, 6.45) is 9.44. The SMILES string of the molecule is CC.CN1CCN(CC2=CCCC=C2)CC1. The van der Waals surface area contributed by atoms with Crippen LogP contribution in [0.4, 0.5) is 0 Å². The van der Waals surface area contributed by atoms with Crippen molar-refractivity contribution in [1.29, 1.82) is 0 Å². The first-order valence-electron chi connectivity index (χ1n) is 6.61. The molecule has 0 aromatic heterocycles. The van der Waals surface area contributed by atoms with E-state index in [0.717, 1.165) is 6.54 Å². The largest absolute Gasteiger partial charge is 0.304 e. The van der Waals surface area contributed by atoms with Crippen molar-refractivity contribution in [2.75, 3.05) is 39.8 Å². The maximum atomic E-state index is 2.56. The summed E-state index contributed by atoms with van der Waals surface area (Å²) in [7, 11) is 2.21. The Morgan fingerprint density at radius 2 is 1.75 bits per heavy atom. The molecule has 92 valence electrons. The van der Waals surface area contributed by atoms with Gasteiger partial charge in [-0.05, 0) is 25.5 Å². The normalized spacial score (nSPS) is 22.3. The first-order valence-corrected chi connectivity index (χ1v) is 6.61. The molecule has 0 spiro atoms. The average Bonchev–Trinajstić information content (AvgIpc) is 2.36. The fourth-order valence-corrected chi connectivity index (χ4v) is 2.05. The molecule has 0 N–H and O–H groups in total. The zero-order valence-corrected chi connectivity index (χ0v) is 11.1. The van der Waals surface area contributed by atoms with E-state index >= 15 is 0 Å². The van der Waals surface area contributed by atoms with Gasteiger partial charge in [0.2, 0.25) is 0 Å². The third-order valence-corrected chi connectivity index (χ3v) is 3.07. The van der Waals surface area contributed by atoms with Gasteiger partial charge in [-0.25, -0.2) is 0 Å². The Labute approximate surface area is 101 Å². The Morgan fingerprint density at radius 3 is 2.31 bits per heavy atom. The van der Waals surface area contributed by atoms with E-state index < -0.39 is 0 Å². The van der Waals surface area contributed by atoms with Gasteiger partial charge in [0.15, 0.2) is 0 Å². The molecule has 2 aliphatic rings. The van der Waals surface area contributed by atoms with Crippen molar-refractivity contribution in [1.82, 2.24) is 9.80 Å². The smallest absolute Gasteiger partial charge is 0.0231 e. The molecule has 1 fully saturated rings. The minimum absolute atomic E-state index is 1.16. The van der Waals surface area contributed by atoms with Crippen LogP contribution in [0.15, 0.2) is 23.8 Å². The van der Waals surface area contributed by atoms with Gasteiger partial charge in [-0.15, -0.1) is 0 Å². The van der Waals surface area contributed by atoms with Gasteiger partial charge in [0.1, 0.15) is 0 Å². The van der Waals surface area contributed by atoms with Crippen LogP contribution in [0.3, 0.4) is 0 Å². The summed E-state index contributed by atoms with van der Waals surface area (Å²) < 4.78 is 0. The second kappa shape index (κ2) is 7.64. The van der Waals surface area contributed by atoms with Crippen molar-refractivity contribution in [2.24, 2.45) is 0 Å². The van der Waals surface area contributed by atoms with Crippen molar-refractivity contribution in [2.45, 2.75) is 26.7 Å². The summed E-state index contributed by atoms with van der Waals surface area (Å²) in [5.41, 5.74) is 1.51. The van der Waals surface area contributed by atoms with Gasteiger partial charge in [0, 0.05) is 32.7 Å². The number of rotatable bonds is 2. The zero-order chi connectivity index (χ0) is 11.8. The van der Waals surface area contributed by atoms with E-state index in [9.17, 15) is 0 Å². The van der Waals surface area contributed by atoms with E-state index in [-0.39, 0.29) is 0 Å². The van der Waals surface area contributed by atoms with Gasteiger partial charge in [-0.3, -0.25) is 4.90 Å². The highest BCUT2D eigenvalue weighted by Crippen LogP contribution is 2.12. The summed E-state index contributed by atoms with van der Waals surface area (Å²) in [6, 6.07) is 0. The number of nitrogens with zero attached hydrogens (tertiary/aromatic N) is 2. The van der Waals surface area contributed by atoms with Crippen LogP contribution >= 0.6 is 0 Å². The molecule has 0 aromatic carbocycles. The number of allylic oxidation sites excluding steroid dienone is 2. The van der Waals surface area contributed by atoms with Crippen LogP contribution in [0.1, 0.15) is 26.7 Å². The Bertz CT molecular complexity index is 235. The van der Waals surface area contributed by atoms with E-state index in [0.29, 0.717) is 0 Å². The molecule has 16 heavy (non-hydrogen) atoms. The van der Waals surface area contributed by atoms with Gasteiger partial charge in [0.05, 0.1) is 0 Å². The number of hydrogen-bond acceptors (Lipinski definition) is 2. The zero-order valence-electron chi connectivity index (χ0n) is 11.1. The van der Waals surface area contributed by atoms with E-state index in [4.69, 9.17) is 0 Å². The Balaban J connectivity index is 0.000000606. The van der Waals surface area contributed by atoms with Gasteiger partial charge in [-0.1, -0.05) is 32.1 Å². The Hall–Kier alpha value is -0.600. The highest BCUT2D eigenvalue weighted by atomic mass is 15.2. The third kappa shape index (κ3) is 4.50. The average molecular weight is 222 g/mol. The van der Waals surface area contributed by atoms with Crippen LogP contribution in [0.25, 0.3) is 0 Å². The van der Waals surface area contributed by atoms with Crippen molar-refractivity contribution in [3.63, 3.8) is 0 Å². The molecule has 0 amide bonds. The second-order valence-corrected chi connectivity index (χ2v) is 4.34. The number of piperazine rings is 1. The molecule has 0 aromatic rings. The monoisotopic (exact) mass is 222 g/mol. The summed E-state index contributed by atoms with van der Waals surface area (Å²) in [6.45, 7) is 10.0. The molecule has 2 rings (SSSR count). The fourth-order valence-electron chi connectivity index (χ4n) is 2.05. The van der Waals surface area contributed by atoms with Crippen LogP contribution in [-0.4, -0.2) is 49.6 Å². The van der Waals surface area contributed by atoms with Crippen molar-refractivity contribution in [3.05, 3.63) is 23.8 Å². The van der Waals surface area contributed by atoms with Gasteiger partial charge in [-0.2, -0.15) is 0 Å². The molecule has 2 nitrogen and oxygen atoms in total. The lowest BCUT2D eigenvalue weighted by atomic mass is 10.1.